The summed E-state index contributed by atoms with van der Waals surface area (Å²) < 4.78 is 0. The highest BCUT2D eigenvalue weighted by Crippen LogP contribution is 2.38. The van der Waals surface area contributed by atoms with Gasteiger partial charge in [0.15, 0.2) is 0 Å². The fraction of sp³-hybridized carbons (Fsp3) is 0.846. The number of nitrogens with one attached hydrogen (secondary N) is 2. The number of carbonyl (C=O) groups is 2. The third-order valence-electron chi connectivity index (χ3n) is 8.06. The predicted octanol–water partition coefficient (Wildman–Crippen LogP) is 3.04. The summed E-state index contributed by atoms with van der Waals surface area (Å²) >= 11 is 0. The number of hydrogen-bond acceptors (Lipinski definition) is 5. The second kappa shape index (κ2) is 12.9. The van der Waals surface area contributed by atoms with Crippen LogP contribution >= 0.6 is 0 Å². The van der Waals surface area contributed by atoms with Gasteiger partial charge in [0.05, 0.1) is 19.1 Å². The molecule has 0 aromatic heterocycles. The van der Waals surface area contributed by atoms with Gasteiger partial charge >= 0.3 is 0 Å². The standard InChI is InChI=1S/C26H45N3O4/c1-18(2)27-17-20-5-4-6-22(15-20)21-11-13-29(14-12-21)25(31)10-8-19-7-9-23(24(30)16-19)26(32)28-33-3/h8,10,18-24,27,30H,4-7,9,11-17H2,1-3H3,(H,28,32)/b10-8+. The quantitative estimate of drug-likeness (QED) is 0.380. The molecule has 7 heteroatoms. The molecular weight excluding hydrogens is 418 g/mol. The van der Waals surface area contributed by atoms with Crippen LogP contribution in [0.25, 0.3) is 0 Å². The fourth-order valence-corrected chi connectivity index (χ4v) is 6.10. The maximum Gasteiger partial charge on any atom is 0.249 e. The van der Waals surface area contributed by atoms with Gasteiger partial charge in [-0.1, -0.05) is 32.8 Å². The highest BCUT2D eigenvalue weighted by Gasteiger charge is 2.34. The lowest BCUT2D eigenvalue weighted by Crippen LogP contribution is -2.41. The Balaban J connectivity index is 1.40. The Kier molecular flexibility index (Phi) is 10.2. The molecule has 2 aliphatic carbocycles. The van der Waals surface area contributed by atoms with Crippen molar-refractivity contribution in [2.24, 2.45) is 29.6 Å². The van der Waals surface area contributed by atoms with Crippen LogP contribution in [0.2, 0.25) is 0 Å². The van der Waals surface area contributed by atoms with Gasteiger partial charge in [0.25, 0.3) is 0 Å². The minimum atomic E-state index is -0.704. The molecule has 5 unspecified atom stereocenters. The molecule has 3 fully saturated rings. The van der Waals surface area contributed by atoms with E-state index in [0.717, 1.165) is 56.7 Å². The Labute approximate surface area is 199 Å². The SMILES string of the molecule is CONC(=O)C1CCC(/C=C/C(=O)N2CCC(C3CCCC(CNC(C)C)C3)CC2)CC1O. The monoisotopic (exact) mass is 463 g/mol. The van der Waals surface area contributed by atoms with E-state index in [9.17, 15) is 14.7 Å². The van der Waals surface area contributed by atoms with Crippen molar-refractivity contribution in [2.45, 2.75) is 83.8 Å². The Morgan fingerprint density at radius 3 is 2.48 bits per heavy atom. The third kappa shape index (κ3) is 7.79. The summed E-state index contributed by atoms with van der Waals surface area (Å²) in [6, 6.07) is 0.557. The van der Waals surface area contributed by atoms with Crippen LogP contribution in [-0.4, -0.2) is 60.7 Å². The number of hydroxylamine groups is 1. The van der Waals surface area contributed by atoms with Crippen LogP contribution in [0.5, 0.6) is 0 Å². The number of rotatable bonds is 8. The molecule has 188 valence electrons. The molecule has 2 amide bonds. The molecule has 3 rings (SSSR count). The van der Waals surface area contributed by atoms with E-state index in [0.29, 0.717) is 18.9 Å². The molecule has 0 aromatic carbocycles. The summed E-state index contributed by atoms with van der Waals surface area (Å²) in [5, 5.41) is 13.9. The van der Waals surface area contributed by atoms with Crippen molar-refractivity contribution in [2.75, 3.05) is 26.7 Å². The Hall–Kier alpha value is -1.44. The van der Waals surface area contributed by atoms with E-state index in [2.05, 4.69) is 29.5 Å². The molecule has 0 aromatic rings. The van der Waals surface area contributed by atoms with E-state index < -0.39 is 12.0 Å². The molecular formula is C26H45N3O4. The summed E-state index contributed by atoms with van der Waals surface area (Å²) in [6.45, 7) is 7.29. The van der Waals surface area contributed by atoms with E-state index in [1.807, 2.05) is 11.0 Å². The van der Waals surface area contributed by atoms with E-state index >= 15 is 0 Å². The van der Waals surface area contributed by atoms with Crippen molar-refractivity contribution >= 4 is 11.8 Å². The third-order valence-corrected chi connectivity index (χ3v) is 8.06. The molecule has 5 atom stereocenters. The number of aliphatic hydroxyl groups excluding tert-OH is 1. The highest BCUT2D eigenvalue weighted by atomic mass is 16.6. The topological polar surface area (TPSA) is 90.9 Å². The Morgan fingerprint density at radius 1 is 1.06 bits per heavy atom. The lowest BCUT2D eigenvalue weighted by molar-refractivity contribution is -0.141. The molecule has 0 radical (unpaired) electrons. The summed E-state index contributed by atoms with van der Waals surface area (Å²) in [4.78, 5) is 31.3. The van der Waals surface area contributed by atoms with Crippen molar-refractivity contribution in [1.29, 1.82) is 0 Å². The normalized spacial score (nSPS) is 31.8. The average Bonchev–Trinajstić information content (AvgIpc) is 2.81. The maximum absolute atomic E-state index is 12.8. The molecule has 1 aliphatic heterocycles. The Morgan fingerprint density at radius 2 is 1.82 bits per heavy atom. The van der Waals surface area contributed by atoms with E-state index in [1.165, 1.54) is 32.8 Å². The number of nitrogens with zero attached hydrogens (tertiary/aromatic N) is 1. The van der Waals surface area contributed by atoms with Crippen molar-refractivity contribution in [3.63, 3.8) is 0 Å². The second-order valence-corrected chi connectivity index (χ2v) is 10.8. The summed E-state index contributed by atoms with van der Waals surface area (Å²) in [5.74, 6) is 1.88. The largest absolute Gasteiger partial charge is 0.392 e. The molecule has 7 nitrogen and oxygen atoms in total. The lowest BCUT2D eigenvalue weighted by atomic mass is 9.72. The van der Waals surface area contributed by atoms with Crippen molar-refractivity contribution in [1.82, 2.24) is 15.7 Å². The maximum atomic E-state index is 12.8. The summed E-state index contributed by atoms with van der Waals surface area (Å²) in [6.07, 6.45) is 12.4. The van der Waals surface area contributed by atoms with E-state index in [4.69, 9.17) is 0 Å². The van der Waals surface area contributed by atoms with Gasteiger partial charge < -0.3 is 15.3 Å². The van der Waals surface area contributed by atoms with Crippen molar-refractivity contribution in [3.8, 4) is 0 Å². The number of allylic oxidation sites excluding steroid dienone is 1. The van der Waals surface area contributed by atoms with Gasteiger partial charge in [-0.3, -0.25) is 14.4 Å². The van der Waals surface area contributed by atoms with Crippen molar-refractivity contribution in [3.05, 3.63) is 12.2 Å². The fourth-order valence-electron chi connectivity index (χ4n) is 6.10. The van der Waals surface area contributed by atoms with Gasteiger partial charge in [-0.2, -0.15) is 0 Å². The lowest BCUT2D eigenvalue weighted by Gasteiger charge is -2.39. The molecule has 1 saturated heterocycles. The molecule has 33 heavy (non-hydrogen) atoms. The van der Waals surface area contributed by atoms with E-state index in [-0.39, 0.29) is 17.7 Å². The zero-order valence-electron chi connectivity index (χ0n) is 20.8. The average molecular weight is 464 g/mol. The number of aliphatic hydroxyl groups is 1. The van der Waals surface area contributed by atoms with Crippen LogP contribution in [-0.2, 0) is 14.4 Å². The minimum Gasteiger partial charge on any atom is -0.392 e. The number of amides is 2. The minimum absolute atomic E-state index is 0.0878. The van der Waals surface area contributed by atoms with E-state index in [1.54, 1.807) is 6.08 Å². The molecule has 2 saturated carbocycles. The van der Waals surface area contributed by atoms with Gasteiger partial charge in [0, 0.05) is 19.1 Å². The van der Waals surface area contributed by atoms with Gasteiger partial charge in [0.2, 0.25) is 11.8 Å². The van der Waals surface area contributed by atoms with Gasteiger partial charge in [-0.05, 0) is 81.2 Å². The second-order valence-electron chi connectivity index (χ2n) is 10.8. The number of piperidine rings is 1. The predicted molar refractivity (Wildman–Crippen MR) is 129 cm³/mol. The van der Waals surface area contributed by atoms with Gasteiger partial charge in [0.1, 0.15) is 0 Å². The first kappa shape index (κ1) is 26.2. The van der Waals surface area contributed by atoms with Crippen LogP contribution < -0.4 is 10.8 Å². The molecule has 0 spiro atoms. The molecule has 1 heterocycles. The van der Waals surface area contributed by atoms with Gasteiger partial charge in [-0.15, -0.1) is 0 Å². The number of hydrogen-bond donors (Lipinski definition) is 3. The highest BCUT2D eigenvalue weighted by molar-refractivity contribution is 5.87. The van der Waals surface area contributed by atoms with Crippen LogP contribution in [0, 0.1) is 29.6 Å². The van der Waals surface area contributed by atoms with Gasteiger partial charge in [-0.25, -0.2) is 5.48 Å². The number of carbonyl (C=O) groups excluding carboxylic acids is 2. The summed E-state index contributed by atoms with van der Waals surface area (Å²) in [5.41, 5.74) is 2.31. The van der Waals surface area contributed by atoms with Crippen LogP contribution in [0.3, 0.4) is 0 Å². The van der Waals surface area contributed by atoms with Crippen LogP contribution in [0.1, 0.15) is 71.6 Å². The smallest absolute Gasteiger partial charge is 0.249 e. The zero-order chi connectivity index (χ0) is 23.8. The Bertz CT molecular complexity index is 660. The molecule has 0 bridgehead atoms. The first-order chi connectivity index (χ1) is 15.9. The van der Waals surface area contributed by atoms with Crippen LogP contribution in [0.15, 0.2) is 12.2 Å². The first-order valence-electron chi connectivity index (χ1n) is 13.1. The number of likely N-dealkylation sites (tertiary alicyclic amines) is 1. The molecule has 3 aliphatic rings. The molecule has 3 N–H and O–H groups in total. The van der Waals surface area contributed by atoms with Crippen molar-refractivity contribution < 1.29 is 19.5 Å². The van der Waals surface area contributed by atoms with Crippen LogP contribution in [0.4, 0.5) is 0 Å². The zero-order valence-corrected chi connectivity index (χ0v) is 20.8. The first-order valence-corrected chi connectivity index (χ1v) is 13.1. The summed E-state index contributed by atoms with van der Waals surface area (Å²) in [7, 11) is 1.39.